The van der Waals surface area contributed by atoms with Crippen molar-refractivity contribution in [1.29, 1.82) is 0 Å². The molecule has 0 aliphatic heterocycles. The van der Waals surface area contributed by atoms with Gasteiger partial charge in [0, 0.05) is 0 Å². The van der Waals surface area contributed by atoms with Gasteiger partial charge >= 0.3 is 107 Å². The first kappa shape index (κ1) is 12.3. The molecule has 0 saturated heterocycles. The number of allylic oxidation sites excluding steroid dienone is 2. The van der Waals surface area contributed by atoms with E-state index in [1.165, 1.54) is 4.46 Å². The predicted molar refractivity (Wildman–Crippen MR) is 68.5 cm³/mol. The van der Waals surface area contributed by atoms with Gasteiger partial charge in [0.25, 0.3) is 0 Å². The number of carbonyl (C=O) groups is 2. The molecule has 0 bridgehead atoms. The Labute approximate surface area is 107 Å². The number of rotatable bonds is 3. The fourth-order valence-electron chi connectivity index (χ4n) is 1.80. The van der Waals surface area contributed by atoms with Crippen molar-refractivity contribution in [3.05, 3.63) is 42.5 Å². The molecule has 0 saturated carbocycles. The molecule has 0 N–H and O–H groups in total. The van der Waals surface area contributed by atoms with Gasteiger partial charge in [0.15, 0.2) is 0 Å². The van der Waals surface area contributed by atoms with Gasteiger partial charge in [0.2, 0.25) is 0 Å². The summed E-state index contributed by atoms with van der Waals surface area (Å²) in [5.41, 5.74) is -0.463. The van der Waals surface area contributed by atoms with Gasteiger partial charge in [0.1, 0.15) is 0 Å². The molecule has 1 aromatic rings. The fourth-order valence-corrected chi connectivity index (χ4v) is 4.48. The number of hydrogen-bond acceptors (Lipinski definition) is 2. The van der Waals surface area contributed by atoms with E-state index in [2.05, 4.69) is 0 Å². The molecule has 0 spiro atoms. The summed E-state index contributed by atoms with van der Waals surface area (Å²) in [5, 5.41) is 0. The summed E-state index contributed by atoms with van der Waals surface area (Å²) in [5.74, 6) is 0.160. The maximum atomic E-state index is 11.8. The molecule has 2 unspecified atom stereocenters. The molecule has 0 heterocycles. The first-order valence-electron chi connectivity index (χ1n) is 5.54. The van der Waals surface area contributed by atoms with Crippen LogP contribution in [-0.4, -0.2) is 27.0 Å². The minimum absolute atomic E-state index is 0.00917. The van der Waals surface area contributed by atoms with Crippen LogP contribution in [0.2, 0.25) is 4.82 Å². The van der Waals surface area contributed by atoms with Crippen LogP contribution in [0, 0.1) is 5.41 Å². The Morgan fingerprint density at radius 3 is 2.71 bits per heavy atom. The van der Waals surface area contributed by atoms with Crippen LogP contribution in [-0.2, 0) is 9.59 Å². The topological polar surface area (TPSA) is 34.1 Å². The molecule has 0 amide bonds. The number of aldehydes is 1. The van der Waals surface area contributed by atoms with Gasteiger partial charge in [-0.05, 0) is 0 Å². The molecule has 1 aromatic carbocycles. The van der Waals surface area contributed by atoms with Crippen molar-refractivity contribution in [2.45, 2.75) is 18.2 Å². The third kappa shape index (κ3) is 2.93. The molecule has 3 heteroatoms. The third-order valence-electron chi connectivity index (χ3n) is 2.86. The van der Waals surface area contributed by atoms with Crippen molar-refractivity contribution < 1.29 is 9.59 Å². The van der Waals surface area contributed by atoms with E-state index in [9.17, 15) is 9.59 Å². The average Bonchev–Trinajstić information content (AvgIpc) is 2.35. The van der Waals surface area contributed by atoms with E-state index >= 15 is 0 Å². The van der Waals surface area contributed by atoms with E-state index in [0.717, 1.165) is 6.29 Å². The van der Waals surface area contributed by atoms with Gasteiger partial charge in [0.05, 0.1) is 0 Å². The van der Waals surface area contributed by atoms with E-state index < -0.39 is 5.41 Å². The summed E-state index contributed by atoms with van der Waals surface area (Å²) in [6, 6.07) is 10.0. The molecule has 2 nitrogen and oxygen atoms in total. The Kier molecular flexibility index (Phi) is 3.60. The zero-order chi connectivity index (χ0) is 12.3. The van der Waals surface area contributed by atoms with Gasteiger partial charge in [-0.15, -0.1) is 0 Å². The molecule has 1 aliphatic carbocycles. The van der Waals surface area contributed by atoms with Crippen LogP contribution in [0.15, 0.2) is 42.5 Å². The molecule has 17 heavy (non-hydrogen) atoms. The normalized spacial score (nSPS) is 28.1. The third-order valence-corrected chi connectivity index (χ3v) is 5.44. The zero-order valence-corrected chi connectivity index (χ0v) is 11.3. The molecule has 0 radical (unpaired) electrons. The van der Waals surface area contributed by atoms with Crippen molar-refractivity contribution in [1.82, 2.24) is 0 Å². The Morgan fingerprint density at radius 1 is 1.35 bits per heavy atom. The average molecular weight is 293 g/mol. The van der Waals surface area contributed by atoms with Crippen molar-refractivity contribution in [2.75, 3.05) is 0 Å². The van der Waals surface area contributed by atoms with E-state index in [1.807, 2.05) is 37.3 Å². The molecular formula is C14H14O2Se. The van der Waals surface area contributed by atoms with Crippen molar-refractivity contribution in [3.63, 3.8) is 0 Å². The summed E-state index contributed by atoms with van der Waals surface area (Å²) in [7, 11) is 0. The fraction of sp³-hybridized carbons (Fsp3) is 0.286. The van der Waals surface area contributed by atoms with Crippen molar-refractivity contribution in [3.8, 4) is 0 Å². The second-order valence-corrected chi connectivity index (χ2v) is 7.16. The van der Waals surface area contributed by atoms with Gasteiger partial charge < -0.3 is 0 Å². The first-order valence-corrected chi connectivity index (χ1v) is 7.39. The van der Waals surface area contributed by atoms with Gasteiger partial charge in [-0.1, -0.05) is 0 Å². The Balaban J connectivity index is 2.14. The Hall–Kier alpha value is -1.18. The molecule has 0 fully saturated rings. The van der Waals surface area contributed by atoms with Crippen LogP contribution in [0.4, 0.5) is 0 Å². The van der Waals surface area contributed by atoms with Crippen LogP contribution in [0.5, 0.6) is 0 Å². The number of hydrogen-bond donors (Lipinski definition) is 0. The van der Waals surface area contributed by atoms with E-state index in [-0.39, 0.29) is 25.6 Å². The number of carbonyl (C=O) groups excluding carboxylic acids is 2. The maximum absolute atomic E-state index is 11.8. The van der Waals surface area contributed by atoms with Gasteiger partial charge in [-0.3, -0.25) is 0 Å². The summed E-state index contributed by atoms with van der Waals surface area (Å²) in [6.45, 7) is 1.89. The summed E-state index contributed by atoms with van der Waals surface area (Å²) >= 11 is 0.105. The molecule has 88 valence electrons. The Bertz CT molecular complexity index is 453. The predicted octanol–water partition coefficient (Wildman–Crippen LogP) is 1.54. The summed E-state index contributed by atoms with van der Waals surface area (Å²) in [4.78, 5) is 22.8. The van der Waals surface area contributed by atoms with Gasteiger partial charge in [-0.2, -0.15) is 0 Å². The summed E-state index contributed by atoms with van der Waals surface area (Å²) in [6.07, 6.45) is 4.90. The van der Waals surface area contributed by atoms with Crippen LogP contribution < -0.4 is 4.46 Å². The minimum atomic E-state index is -0.463. The molecular weight excluding hydrogens is 279 g/mol. The van der Waals surface area contributed by atoms with Crippen LogP contribution in [0.3, 0.4) is 0 Å². The van der Waals surface area contributed by atoms with Crippen LogP contribution >= 0.6 is 0 Å². The SMILES string of the molecule is CC1(C=O)C=CC(=O)C([Se]c2ccccc2)C1. The van der Waals surface area contributed by atoms with E-state index in [4.69, 9.17) is 0 Å². The van der Waals surface area contributed by atoms with E-state index in [0.29, 0.717) is 6.42 Å². The van der Waals surface area contributed by atoms with Crippen LogP contribution in [0.1, 0.15) is 13.3 Å². The van der Waals surface area contributed by atoms with Crippen LogP contribution in [0.25, 0.3) is 0 Å². The quantitative estimate of drug-likeness (QED) is 0.626. The molecule has 2 atom stereocenters. The second-order valence-electron chi connectivity index (χ2n) is 4.48. The zero-order valence-electron chi connectivity index (χ0n) is 9.63. The molecule has 1 aliphatic rings. The molecule has 2 rings (SSSR count). The van der Waals surface area contributed by atoms with E-state index in [1.54, 1.807) is 12.2 Å². The number of ketones is 1. The van der Waals surface area contributed by atoms with Gasteiger partial charge in [-0.25, -0.2) is 0 Å². The monoisotopic (exact) mass is 294 g/mol. The number of benzene rings is 1. The standard InChI is InChI=1S/C14H14O2Se/c1-14(10-15)8-7-12(16)13(9-14)17-11-5-3-2-4-6-11/h2-8,10,13H,9H2,1H3. The van der Waals surface area contributed by atoms with Crippen molar-refractivity contribution >= 4 is 31.5 Å². The first-order chi connectivity index (χ1) is 8.13. The van der Waals surface area contributed by atoms with Crippen molar-refractivity contribution in [2.24, 2.45) is 5.41 Å². The molecule has 0 aromatic heterocycles. The second kappa shape index (κ2) is 4.99. The Morgan fingerprint density at radius 2 is 2.06 bits per heavy atom. The summed E-state index contributed by atoms with van der Waals surface area (Å²) < 4.78 is 1.21.